The first-order chi connectivity index (χ1) is 10.6. The number of hydrogen-bond acceptors (Lipinski definition) is 5. The Morgan fingerprint density at radius 3 is 2.77 bits per heavy atom. The fourth-order valence-corrected chi connectivity index (χ4v) is 2.55. The fourth-order valence-electron chi connectivity index (χ4n) is 2.55. The quantitative estimate of drug-likeness (QED) is 0.813. The number of aryl methyl sites for hydroxylation is 1. The lowest BCUT2D eigenvalue weighted by Crippen LogP contribution is -2.30. The van der Waals surface area contributed by atoms with Gasteiger partial charge in [-0.2, -0.15) is 0 Å². The van der Waals surface area contributed by atoms with Crippen molar-refractivity contribution in [1.29, 1.82) is 0 Å². The SMILES string of the molecule is Cc1oc(-c2ccccc2)nc1C(=O)O[C@@H]1CCCCC1=O. The van der Waals surface area contributed by atoms with Crippen LogP contribution in [0.4, 0.5) is 0 Å². The molecule has 0 radical (unpaired) electrons. The molecule has 0 aliphatic heterocycles. The number of ketones is 1. The normalized spacial score (nSPS) is 18.2. The molecule has 0 bridgehead atoms. The number of ether oxygens (including phenoxy) is 1. The van der Waals surface area contributed by atoms with Gasteiger partial charge in [-0.1, -0.05) is 18.2 Å². The van der Waals surface area contributed by atoms with E-state index in [1.807, 2.05) is 30.3 Å². The number of oxazole rings is 1. The fraction of sp³-hybridized carbons (Fsp3) is 0.353. The van der Waals surface area contributed by atoms with Gasteiger partial charge in [0, 0.05) is 12.0 Å². The van der Waals surface area contributed by atoms with Gasteiger partial charge in [0.1, 0.15) is 5.76 Å². The maximum atomic E-state index is 12.2. The van der Waals surface area contributed by atoms with Gasteiger partial charge in [-0.25, -0.2) is 9.78 Å². The third-order valence-corrected chi connectivity index (χ3v) is 3.76. The zero-order valence-corrected chi connectivity index (χ0v) is 12.4. The Morgan fingerprint density at radius 2 is 2.05 bits per heavy atom. The summed E-state index contributed by atoms with van der Waals surface area (Å²) in [5, 5.41) is 0. The molecule has 1 atom stereocenters. The van der Waals surface area contributed by atoms with Crippen molar-refractivity contribution in [2.75, 3.05) is 0 Å². The molecule has 1 aromatic heterocycles. The molecule has 5 heteroatoms. The number of rotatable bonds is 3. The first-order valence-electron chi connectivity index (χ1n) is 7.41. The lowest BCUT2D eigenvalue weighted by molar-refractivity contribution is -0.129. The lowest BCUT2D eigenvalue weighted by atomic mass is 9.96. The van der Waals surface area contributed by atoms with Gasteiger partial charge >= 0.3 is 5.97 Å². The van der Waals surface area contributed by atoms with E-state index < -0.39 is 12.1 Å². The molecule has 1 saturated carbocycles. The van der Waals surface area contributed by atoms with E-state index in [1.165, 1.54) is 0 Å². The van der Waals surface area contributed by atoms with Crippen molar-refractivity contribution in [2.45, 2.75) is 38.7 Å². The average molecular weight is 299 g/mol. The zero-order valence-electron chi connectivity index (χ0n) is 12.4. The van der Waals surface area contributed by atoms with Gasteiger partial charge in [-0.05, 0) is 38.3 Å². The van der Waals surface area contributed by atoms with Gasteiger partial charge in [0.15, 0.2) is 17.6 Å². The van der Waals surface area contributed by atoms with Gasteiger partial charge in [-0.3, -0.25) is 4.79 Å². The molecular formula is C17H17NO4. The maximum Gasteiger partial charge on any atom is 0.361 e. The summed E-state index contributed by atoms with van der Waals surface area (Å²) in [6, 6.07) is 9.33. The van der Waals surface area contributed by atoms with Crippen LogP contribution in [0, 0.1) is 6.92 Å². The Morgan fingerprint density at radius 1 is 1.27 bits per heavy atom. The summed E-state index contributed by atoms with van der Waals surface area (Å²) in [6.45, 7) is 1.67. The van der Waals surface area contributed by atoms with E-state index in [0.29, 0.717) is 24.5 Å². The van der Waals surface area contributed by atoms with E-state index >= 15 is 0 Å². The number of aromatic nitrogens is 1. The predicted molar refractivity (Wildman–Crippen MR) is 79.4 cm³/mol. The Kier molecular flexibility index (Phi) is 4.04. The van der Waals surface area contributed by atoms with Crippen LogP contribution in [0.3, 0.4) is 0 Å². The summed E-state index contributed by atoms with van der Waals surface area (Å²) >= 11 is 0. The summed E-state index contributed by atoms with van der Waals surface area (Å²) in [7, 11) is 0. The molecule has 0 unspecified atom stereocenters. The molecule has 0 spiro atoms. The Labute approximate surface area is 128 Å². The standard InChI is InChI=1S/C17H17NO4/c1-11-15(17(20)22-14-10-6-5-9-13(14)19)18-16(21-11)12-7-3-2-4-8-12/h2-4,7-8,14H,5-6,9-10H2,1H3/t14-/m1/s1. The van der Waals surface area contributed by atoms with Crippen LogP contribution >= 0.6 is 0 Å². The summed E-state index contributed by atoms with van der Waals surface area (Å²) in [5.74, 6) is 0.167. The van der Waals surface area contributed by atoms with Crippen LogP contribution < -0.4 is 0 Å². The topological polar surface area (TPSA) is 69.4 Å². The molecule has 2 aromatic rings. The van der Waals surface area contributed by atoms with E-state index in [-0.39, 0.29) is 11.5 Å². The minimum atomic E-state index is -0.641. The average Bonchev–Trinajstić information content (AvgIpc) is 2.92. The van der Waals surface area contributed by atoms with Gasteiger partial charge in [0.25, 0.3) is 0 Å². The molecule has 3 rings (SSSR count). The number of carbonyl (C=O) groups excluding carboxylic acids is 2. The van der Waals surface area contributed by atoms with Crippen molar-refractivity contribution in [3.63, 3.8) is 0 Å². The largest absolute Gasteiger partial charge is 0.450 e. The van der Waals surface area contributed by atoms with Gasteiger partial charge in [0.05, 0.1) is 0 Å². The number of esters is 1. The van der Waals surface area contributed by atoms with E-state index in [1.54, 1.807) is 6.92 Å². The summed E-state index contributed by atoms with van der Waals surface area (Å²) in [6.07, 6.45) is 2.19. The molecule has 0 saturated heterocycles. The lowest BCUT2D eigenvalue weighted by Gasteiger charge is -2.20. The molecule has 0 N–H and O–H groups in total. The molecule has 1 heterocycles. The minimum Gasteiger partial charge on any atom is -0.450 e. The summed E-state index contributed by atoms with van der Waals surface area (Å²) in [4.78, 5) is 28.2. The molecule has 1 aliphatic rings. The molecule has 1 aliphatic carbocycles. The smallest absolute Gasteiger partial charge is 0.361 e. The predicted octanol–water partition coefficient (Wildman–Crippen LogP) is 3.32. The monoisotopic (exact) mass is 299 g/mol. The van der Waals surface area contributed by atoms with Crippen molar-refractivity contribution in [2.24, 2.45) is 0 Å². The van der Waals surface area contributed by atoms with E-state index in [4.69, 9.17) is 9.15 Å². The van der Waals surface area contributed by atoms with Crippen molar-refractivity contribution >= 4 is 11.8 Å². The van der Waals surface area contributed by atoms with Crippen LogP contribution in [0.25, 0.3) is 11.5 Å². The molecule has 1 fully saturated rings. The highest BCUT2D eigenvalue weighted by Gasteiger charge is 2.28. The zero-order chi connectivity index (χ0) is 15.5. The van der Waals surface area contributed by atoms with Crippen molar-refractivity contribution < 1.29 is 18.7 Å². The number of Topliss-reactive ketones (excluding diaryl/α,β-unsaturated/α-hetero) is 1. The van der Waals surface area contributed by atoms with Crippen LogP contribution in [-0.2, 0) is 9.53 Å². The third kappa shape index (κ3) is 2.93. The molecule has 22 heavy (non-hydrogen) atoms. The second kappa shape index (κ2) is 6.13. The number of nitrogens with zero attached hydrogens (tertiary/aromatic N) is 1. The molecule has 1 aromatic carbocycles. The van der Waals surface area contributed by atoms with Crippen LogP contribution in [0.1, 0.15) is 41.9 Å². The highest BCUT2D eigenvalue weighted by molar-refractivity contribution is 5.92. The highest BCUT2D eigenvalue weighted by Crippen LogP contribution is 2.23. The van der Waals surface area contributed by atoms with Crippen LogP contribution in [-0.4, -0.2) is 22.8 Å². The Bertz CT molecular complexity index is 690. The van der Waals surface area contributed by atoms with Crippen LogP contribution in [0.5, 0.6) is 0 Å². The maximum absolute atomic E-state index is 12.2. The molecule has 114 valence electrons. The number of hydrogen-bond donors (Lipinski definition) is 0. The second-order valence-electron chi connectivity index (χ2n) is 5.40. The summed E-state index contributed by atoms with van der Waals surface area (Å²) in [5.41, 5.74) is 0.926. The Hall–Kier alpha value is -2.43. The first-order valence-corrected chi connectivity index (χ1v) is 7.41. The van der Waals surface area contributed by atoms with Crippen molar-refractivity contribution in [3.05, 3.63) is 41.8 Å². The van der Waals surface area contributed by atoms with Gasteiger partial charge < -0.3 is 9.15 Å². The van der Waals surface area contributed by atoms with Crippen LogP contribution in [0.2, 0.25) is 0 Å². The van der Waals surface area contributed by atoms with Gasteiger partial charge in [-0.15, -0.1) is 0 Å². The van der Waals surface area contributed by atoms with Gasteiger partial charge in [0.2, 0.25) is 5.89 Å². The first kappa shape index (κ1) is 14.5. The Balaban J connectivity index is 1.78. The van der Waals surface area contributed by atoms with Crippen LogP contribution in [0.15, 0.2) is 34.7 Å². The van der Waals surface area contributed by atoms with E-state index in [0.717, 1.165) is 18.4 Å². The number of carbonyl (C=O) groups is 2. The highest BCUT2D eigenvalue weighted by atomic mass is 16.5. The minimum absolute atomic E-state index is 0.0102. The van der Waals surface area contributed by atoms with E-state index in [9.17, 15) is 9.59 Å². The molecule has 5 nitrogen and oxygen atoms in total. The third-order valence-electron chi connectivity index (χ3n) is 3.76. The summed E-state index contributed by atoms with van der Waals surface area (Å²) < 4.78 is 10.8. The number of benzene rings is 1. The second-order valence-corrected chi connectivity index (χ2v) is 5.40. The van der Waals surface area contributed by atoms with E-state index in [2.05, 4.69) is 4.98 Å². The molecular weight excluding hydrogens is 282 g/mol. The van der Waals surface area contributed by atoms with Crippen molar-refractivity contribution in [1.82, 2.24) is 4.98 Å². The van der Waals surface area contributed by atoms with Crippen molar-refractivity contribution in [3.8, 4) is 11.5 Å². The molecule has 0 amide bonds.